The van der Waals surface area contributed by atoms with E-state index in [0.29, 0.717) is 5.88 Å². The van der Waals surface area contributed by atoms with E-state index in [2.05, 4.69) is 9.97 Å². The molecule has 0 atom stereocenters. The van der Waals surface area contributed by atoms with Gasteiger partial charge in [0.05, 0.1) is 11.0 Å². The Bertz CT molecular complexity index is 680. The van der Waals surface area contributed by atoms with Crippen LogP contribution in [0.5, 0.6) is 11.6 Å². The number of aromatic nitrogens is 2. The van der Waals surface area contributed by atoms with Crippen LogP contribution in [0.2, 0.25) is 0 Å². The van der Waals surface area contributed by atoms with E-state index in [9.17, 15) is 0 Å². The van der Waals surface area contributed by atoms with Crippen molar-refractivity contribution in [3.8, 4) is 11.6 Å². The third-order valence-electron chi connectivity index (χ3n) is 2.66. The normalized spacial score (nSPS) is 10.5. The lowest BCUT2D eigenvalue weighted by atomic mass is 10.3. The van der Waals surface area contributed by atoms with E-state index in [0.717, 1.165) is 22.5 Å². The Morgan fingerprint density at radius 3 is 2.11 bits per heavy atom. The van der Waals surface area contributed by atoms with Crippen LogP contribution in [0.3, 0.4) is 0 Å². The molecule has 3 aromatic rings. The fraction of sp³-hybridized carbons (Fsp3) is 0.0667. The lowest BCUT2D eigenvalue weighted by Gasteiger charge is -2.07. The zero-order valence-electron chi connectivity index (χ0n) is 10.00. The quantitative estimate of drug-likeness (QED) is 0.680. The van der Waals surface area contributed by atoms with Crippen molar-refractivity contribution >= 4 is 11.0 Å². The van der Waals surface area contributed by atoms with Gasteiger partial charge in [0.2, 0.25) is 5.88 Å². The Hall–Kier alpha value is -2.42. The molecule has 0 saturated heterocycles. The number of nitrogens with zero attached hydrogens (tertiary/aromatic N) is 2. The summed E-state index contributed by atoms with van der Waals surface area (Å²) in [4.78, 5) is 8.97. The van der Waals surface area contributed by atoms with Crippen LogP contribution < -0.4 is 4.74 Å². The van der Waals surface area contributed by atoms with Crippen LogP contribution in [0.15, 0.2) is 54.6 Å². The van der Waals surface area contributed by atoms with Gasteiger partial charge in [-0.2, -0.15) is 0 Å². The largest absolute Gasteiger partial charge is 0.437 e. The molecule has 3 heteroatoms. The maximum Gasteiger partial charge on any atom is 0.241 e. The molecule has 0 radical (unpaired) electrons. The fourth-order valence-corrected chi connectivity index (χ4v) is 1.77. The van der Waals surface area contributed by atoms with Crippen molar-refractivity contribution in [3.05, 3.63) is 60.3 Å². The van der Waals surface area contributed by atoms with Gasteiger partial charge in [0, 0.05) is 0 Å². The SMILES string of the molecule is Cc1nc2ccccc2nc1Oc1ccccc1. The van der Waals surface area contributed by atoms with Crippen LogP contribution in [0, 0.1) is 6.92 Å². The molecule has 1 heterocycles. The predicted octanol–water partition coefficient (Wildman–Crippen LogP) is 3.73. The van der Waals surface area contributed by atoms with Gasteiger partial charge in [0.25, 0.3) is 0 Å². The molecule has 0 unspecified atom stereocenters. The zero-order valence-corrected chi connectivity index (χ0v) is 10.00. The monoisotopic (exact) mass is 236 g/mol. The number of ether oxygens (including phenoxy) is 1. The minimum Gasteiger partial charge on any atom is -0.437 e. The summed E-state index contributed by atoms with van der Waals surface area (Å²) in [6, 6.07) is 17.4. The van der Waals surface area contributed by atoms with E-state index in [1.54, 1.807) is 0 Å². The second-order valence-electron chi connectivity index (χ2n) is 4.02. The topological polar surface area (TPSA) is 35.0 Å². The Morgan fingerprint density at radius 2 is 1.39 bits per heavy atom. The lowest BCUT2D eigenvalue weighted by Crippen LogP contribution is -1.95. The van der Waals surface area contributed by atoms with Crippen LogP contribution in [0.4, 0.5) is 0 Å². The summed E-state index contributed by atoms with van der Waals surface area (Å²) in [5.41, 5.74) is 2.52. The van der Waals surface area contributed by atoms with Gasteiger partial charge in [-0.3, -0.25) is 0 Å². The van der Waals surface area contributed by atoms with E-state index < -0.39 is 0 Å². The van der Waals surface area contributed by atoms with Crippen molar-refractivity contribution in [1.82, 2.24) is 9.97 Å². The molecule has 1 aromatic heterocycles. The summed E-state index contributed by atoms with van der Waals surface area (Å²) in [5, 5.41) is 0. The molecule has 2 aromatic carbocycles. The highest BCUT2D eigenvalue weighted by Crippen LogP contribution is 2.23. The first kappa shape index (κ1) is 10.7. The third-order valence-corrected chi connectivity index (χ3v) is 2.66. The van der Waals surface area contributed by atoms with E-state index in [-0.39, 0.29) is 0 Å². The summed E-state index contributed by atoms with van der Waals surface area (Å²) in [7, 11) is 0. The maximum absolute atomic E-state index is 5.74. The maximum atomic E-state index is 5.74. The number of aryl methyl sites for hydroxylation is 1. The Morgan fingerprint density at radius 1 is 0.778 bits per heavy atom. The van der Waals surface area contributed by atoms with Crippen molar-refractivity contribution in [3.63, 3.8) is 0 Å². The van der Waals surface area contributed by atoms with Crippen molar-refractivity contribution in [2.45, 2.75) is 6.92 Å². The number of hydrogen-bond acceptors (Lipinski definition) is 3. The van der Waals surface area contributed by atoms with E-state index in [4.69, 9.17) is 4.74 Å². The average Bonchev–Trinajstić information content (AvgIpc) is 2.41. The molecular weight excluding hydrogens is 224 g/mol. The van der Waals surface area contributed by atoms with Crippen molar-refractivity contribution in [1.29, 1.82) is 0 Å². The first-order valence-electron chi connectivity index (χ1n) is 5.79. The molecule has 0 saturated carbocycles. The van der Waals surface area contributed by atoms with E-state index in [1.807, 2.05) is 61.5 Å². The minimum absolute atomic E-state index is 0.555. The third kappa shape index (κ3) is 2.02. The van der Waals surface area contributed by atoms with Gasteiger partial charge in [0.15, 0.2) is 0 Å². The van der Waals surface area contributed by atoms with Crippen LogP contribution in [0.1, 0.15) is 5.69 Å². The highest BCUT2D eigenvalue weighted by Gasteiger charge is 2.06. The molecule has 3 rings (SSSR count). The van der Waals surface area contributed by atoms with Crippen LogP contribution in [0.25, 0.3) is 11.0 Å². The molecule has 0 N–H and O–H groups in total. The van der Waals surface area contributed by atoms with Crippen molar-refractivity contribution < 1.29 is 4.74 Å². The van der Waals surface area contributed by atoms with Crippen molar-refractivity contribution in [2.75, 3.05) is 0 Å². The van der Waals surface area contributed by atoms with Gasteiger partial charge in [0.1, 0.15) is 11.4 Å². The summed E-state index contributed by atoms with van der Waals surface area (Å²) >= 11 is 0. The molecule has 3 nitrogen and oxygen atoms in total. The Kier molecular flexibility index (Phi) is 2.65. The second-order valence-corrected chi connectivity index (χ2v) is 4.02. The smallest absolute Gasteiger partial charge is 0.241 e. The predicted molar refractivity (Wildman–Crippen MR) is 70.8 cm³/mol. The standard InChI is InChI=1S/C15H12N2O/c1-11-15(18-12-7-3-2-4-8-12)17-14-10-6-5-9-13(14)16-11/h2-10H,1H3. The summed E-state index contributed by atoms with van der Waals surface area (Å²) < 4.78 is 5.74. The molecule has 0 aliphatic heterocycles. The number of rotatable bonds is 2. The summed E-state index contributed by atoms with van der Waals surface area (Å²) in [6.07, 6.45) is 0. The molecule has 0 aliphatic carbocycles. The molecule has 18 heavy (non-hydrogen) atoms. The molecule has 88 valence electrons. The molecule has 0 bridgehead atoms. The number of hydrogen-bond donors (Lipinski definition) is 0. The molecular formula is C15H12N2O. The Balaban J connectivity index is 2.04. The average molecular weight is 236 g/mol. The van der Waals surface area contributed by atoms with Crippen LogP contribution in [-0.4, -0.2) is 9.97 Å². The first-order valence-corrected chi connectivity index (χ1v) is 5.79. The molecule has 0 spiro atoms. The van der Waals surface area contributed by atoms with Gasteiger partial charge in [-0.25, -0.2) is 9.97 Å². The van der Waals surface area contributed by atoms with E-state index in [1.165, 1.54) is 0 Å². The molecule has 0 amide bonds. The van der Waals surface area contributed by atoms with Crippen molar-refractivity contribution in [2.24, 2.45) is 0 Å². The van der Waals surface area contributed by atoms with Gasteiger partial charge < -0.3 is 4.74 Å². The fourth-order valence-electron chi connectivity index (χ4n) is 1.77. The summed E-state index contributed by atoms with van der Waals surface area (Å²) in [5.74, 6) is 1.32. The van der Waals surface area contributed by atoms with Gasteiger partial charge >= 0.3 is 0 Å². The minimum atomic E-state index is 0.555. The summed E-state index contributed by atoms with van der Waals surface area (Å²) in [6.45, 7) is 1.90. The van der Waals surface area contributed by atoms with Crippen LogP contribution >= 0.6 is 0 Å². The second kappa shape index (κ2) is 4.45. The highest BCUT2D eigenvalue weighted by atomic mass is 16.5. The molecule has 0 aliphatic rings. The Labute approximate surface area is 105 Å². The zero-order chi connectivity index (χ0) is 12.4. The van der Waals surface area contributed by atoms with Gasteiger partial charge in [-0.15, -0.1) is 0 Å². The van der Waals surface area contributed by atoms with Crippen LogP contribution in [-0.2, 0) is 0 Å². The first-order chi connectivity index (χ1) is 8.83. The van der Waals surface area contributed by atoms with Gasteiger partial charge in [-0.1, -0.05) is 30.3 Å². The van der Waals surface area contributed by atoms with E-state index >= 15 is 0 Å². The van der Waals surface area contributed by atoms with Gasteiger partial charge in [-0.05, 0) is 31.2 Å². The number of para-hydroxylation sites is 3. The lowest BCUT2D eigenvalue weighted by molar-refractivity contribution is 0.458. The number of fused-ring (bicyclic) bond motifs is 1. The number of benzene rings is 2. The molecule has 0 fully saturated rings. The highest BCUT2D eigenvalue weighted by molar-refractivity contribution is 5.74.